The molecule has 0 aliphatic rings. The van der Waals surface area contributed by atoms with E-state index in [1.807, 2.05) is 6.08 Å². The molecule has 0 aliphatic heterocycles. The Bertz CT molecular complexity index is 380. The van der Waals surface area contributed by atoms with Gasteiger partial charge in [-0.15, -0.1) is 0 Å². The second-order valence-electron chi connectivity index (χ2n) is 4.20. The minimum atomic E-state index is 0.249. The van der Waals surface area contributed by atoms with E-state index in [0.717, 1.165) is 12.1 Å². The van der Waals surface area contributed by atoms with Gasteiger partial charge in [0.2, 0.25) is 5.28 Å². The molecule has 1 aromatic heterocycles. The summed E-state index contributed by atoms with van der Waals surface area (Å²) in [5.41, 5.74) is 0.742. The van der Waals surface area contributed by atoms with Gasteiger partial charge in [0.1, 0.15) is 5.69 Å². The van der Waals surface area contributed by atoms with Crippen molar-refractivity contribution in [2.75, 3.05) is 7.11 Å². The van der Waals surface area contributed by atoms with Crippen LogP contribution in [-0.2, 0) is 0 Å². The molecule has 18 heavy (non-hydrogen) atoms. The Morgan fingerprint density at radius 2 is 2.06 bits per heavy atom. The Morgan fingerprint density at radius 3 is 2.78 bits per heavy atom. The lowest BCUT2D eigenvalue weighted by molar-refractivity contribution is 0.409. The summed E-state index contributed by atoms with van der Waals surface area (Å²) in [6.07, 6.45) is 13.2. The molecule has 100 valence electrons. The Labute approximate surface area is 114 Å². The van der Waals surface area contributed by atoms with Crippen LogP contribution in [0.25, 0.3) is 6.08 Å². The second-order valence-corrected chi connectivity index (χ2v) is 4.54. The summed E-state index contributed by atoms with van der Waals surface area (Å²) in [7, 11) is 1.61. The Hall–Kier alpha value is -1.09. The van der Waals surface area contributed by atoms with E-state index in [9.17, 15) is 0 Å². The van der Waals surface area contributed by atoms with Crippen LogP contribution >= 0.6 is 11.6 Å². The van der Waals surface area contributed by atoms with E-state index in [1.165, 1.54) is 32.1 Å². The van der Waals surface area contributed by atoms with Gasteiger partial charge in [0.15, 0.2) is 5.75 Å². The highest BCUT2D eigenvalue weighted by atomic mass is 35.5. The number of hydrogen-bond acceptors (Lipinski definition) is 3. The van der Waals surface area contributed by atoms with Gasteiger partial charge in [-0.05, 0) is 30.5 Å². The zero-order chi connectivity index (χ0) is 13.2. The summed E-state index contributed by atoms with van der Waals surface area (Å²) in [6, 6.07) is 0. The van der Waals surface area contributed by atoms with Crippen LogP contribution in [0.15, 0.2) is 12.3 Å². The van der Waals surface area contributed by atoms with Gasteiger partial charge in [-0.2, -0.15) is 0 Å². The van der Waals surface area contributed by atoms with Crippen LogP contribution in [0.4, 0.5) is 0 Å². The third kappa shape index (κ3) is 5.50. The zero-order valence-electron chi connectivity index (χ0n) is 11.2. The zero-order valence-corrected chi connectivity index (χ0v) is 11.9. The molecule has 0 unspecified atom stereocenters. The molecule has 0 spiro atoms. The van der Waals surface area contributed by atoms with E-state index in [-0.39, 0.29) is 5.28 Å². The number of ether oxygens (including phenoxy) is 1. The fraction of sp³-hybridized carbons (Fsp3) is 0.571. The van der Waals surface area contributed by atoms with Gasteiger partial charge in [-0.25, -0.2) is 9.97 Å². The summed E-state index contributed by atoms with van der Waals surface area (Å²) >= 11 is 5.76. The average Bonchev–Trinajstić information content (AvgIpc) is 2.38. The molecular weight excluding hydrogens is 248 g/mol. The molecule has 1 rings (SSSR count). The molecule has 0 saturated carbocycles. The number of allylic oxidation sites excluding steroid dienone is 1. The van der Waals surface area contributed by atoms with E-state index < -0.39 is 0 Å². The fourth-order valence-electron chi connectivity index (χ4n) is 1.70. The van der Waals surface area contributed by atoms with Gasteiger partial charge >= 0.3 is 0 Å². The lowest BCUT2D eigenvalue weighted by atomic mass is 10.1. The monoisotopic (exact) mass is 268 g/mol. The molecule has 0 aliphatic carbocycles. The number of aromatic nitrogens is 2. The summed E-state index contributed by atoms with van der Waals surface area (Å²) in [5.74, 6) is 0.654. The molecule has 4 heteroatoms. The number of rotatable bonds is 8. The standard InChI is InChI=1S/C14H21ClN2O/c1-3-4-5-6-7-8-9-10-12-13(18-2)11-16-14(15)17-12/h9-11H,3-8H2,1-2H3/b10-9+. The first-order valence-corrected chi connectivity index (χ1v) is 6.88. The van der Waals surface area contributed by atoms with Gasteiger partial charge in [-0.1, -0.05) is 38.7 Å². The molecule has 0 bridgehead atoms. The fourth-order valence-corrected chi connectivity index (χ4v) is 1.84. The third-order valence-corrected chi connectivity index (χ3v) is 2.91. The van der Waals surface area contributed by atoms with E-state index in [0.29, 0.717) is 5.75 Å². The van der Waals surface area contributed by atoms with Crippen LogP contribution in [0.3, 0.4) is 0 Å². The van der Waals surface area contributed by atoms with Crippen molar-refractivity contribution in [3.63, 3.8) is 0 Å². The predicted molar refractivity (Wildman–Crippen MR) is 76.0 cm³/mol. The van der Waals surface area contributed by atoms with Gasteiger partial charge in [0.25, 0.3) is 0 Å². The minimum absolute atomic E-state index is 0.249. The number of methoxy groups -OCH3 is 1. The van der Waals surface area contributed by atoms with E-state index in [4.69, 9.17) is 16.3 Å². The van der Waals surface area contributed by atoms with Crippen molar-refractivity contribution in [2.24, 2.45) is 0 Å². The lowest BCUT2D eigenvalue weighted by Crippen LogP contribution is -1.92. The molecule has 0 saturated heterocycles. The smallest absolute Gasteiger partial charge is 0.223 e. The maximum Gasteiger partial charge on any atom is 0.223 e. The number of halogens is 1. The van der Waals surface area contributed by atoms with Crippen molar-refractivity contribution >= 4 is 17.7 Å². The first-order chi connectivity index (χ1) is 8.77. The maximum absolute atomic E-state index is 5.76. The SMILES string of the molecule is CCCCCCC/C=C/c1nc(Cl)ncc1OC. The van der Waals surface area contributed by atoms with Crippen molar-refractivity contribution in [2.45, 2.75) is 45.4 Å². The third-order valence-electron chi connectivity index (χ3n) is 2.72. The van der Waals surface area contributed by atoms with Gasteiger partial charge in [-0.3, -0.25) is 0 Å². The normalized spacial score (nSPS) is 11.1. The topological polar surface area (TPSA) is 35.0 Å². The number of hydrogen-bond donors (Lipinski definition) is 0. The molecule has 1 heterocycles. The van der Waals surface area contributed by atoms with Gasteiger partial charge in [0.05, 0.1) is 13.3 Å². The number of nitrogens with zero attached hydrogens (tertiary/aromatic N) is 2. The lowest BCUT2D eigenvalue weighted by Gasteiger charge is -2.02. The van der Waals surface area contributed by atoms with Crippen LogP contribution in [0.1, 0.15) is 51.1 Å². The first kappa shape index (κ1) is 15.0. The van der Waals surface area contributed by atoms with Crippen LogP contribution in [0.2, 0.25) is 5.28 Å². The van der Waals surface area contributed by atoms with Crippen molar-refractivity contribution in [3.05, 3.63) is 23.3 Å². The summed E-state index contributed by atoms with van der Waals surface area (Å²) in [6.45, 7) is 2.23. The molecule has 1 aromatic rings. The Morgan fingerprint density at radius 1 is 1.28 bits per heavy atom. The quantitative estimate of drug-likeness (QED) is 0.514. The highest BCUT2D eigenvalue weighted by Gasteiger charge is 2.02. The van der Waals surface area contributed by atoms with Crippen molar-refractivity contribution in [3.8, 4) is 5.75 Å². The van der Waals surface area contributed by atoms with Crippen LogP contribution < -0.4 is 4.74 Å². The van der Waals surface area contributed by atoms with E-state index in [1.54, 1.807) is 13.3 Å². The molecule has 0 amide bonds. The number of unbranched alkanes of at least 4 members (excludes halogenated alkanes) is 5. The minimum Gasteiger partial charge on any atom is -0.493 e. The molecule has 0 aromatic carbocycles. The van der Waals surface area contributed by atoms with Crippen LogP contribution in [0.5, 0.6) is 5.75 Å². The second kappa shape index (κ2) is 8.92. The van der Waals surface area contributed by atoms with Crippen molar-refractivity contribution in [1.29, 1.82) is 0 Å². The highest BCUT2D eigenvalue weighted by Crippen LogP contribution is 2.18. The van der Waals surface area contributed by atoms with E-state index in [2.05, 4.69) is 23.0 Å². The van der Waals surface area contributed by atoms with Crippen molar-refractivity contribution < 1.29 is 4.74 Å². The predicted octanol–water partition coefficient (Wildman–Crippen LogP) is 4.51. The molecule has 0 atom stereocenters. The van der Waals surface area contributed by atoms with Crippen LogP contribution in [0, 0.1) is 0 Å². The van der Waals surface area contributed by atoms with E-state index >= 15 is 0 Å². The Kier molecular flexibility index (Phi) is 7.42. The Balaban J connectivity index is 2.39. The molecule has 0 radical (unpaired) electrons. The molecular formula is C14H21ClN2O. The average molecular weight is 269 g/mol. The van der Waals surface area contributed by atoms with Gasteiger partial charge < -0.3 is 4.74 Å². The largest absolute Gasteiger partial charge is 0.493 e. The molecule has 0 fully saturated rings. The first-order valence-electron chi connectivity index (χ1n) is 6.51. The summed E-state index contributed by atoms with van der Waals surface area (Å²) in [4.78, 5) is 8.02. The van der Waals surface area contributed by atoms with Gasteiger partial charge in [0, 0.05) is 0 Å². The summed E-state index contributed by atoms with van der Waals surface area (Å²) < 4.78 is 5.18. The molecule has 0 N–H and O–H groups in total. The van der Waals surface area contributed by atoms with Crippen LogP contribution in [-0.4, -0.2) is 17.1 Å². The highest BCUT2D eigenvalue weighted by molar-refractivity contribution is 6.28. The maximum atomic E-state index is 5.76. The molecule has 3 nitrogen and oxygen atoms in total. The summed E-state index contributed by atoms with van der Waals surface area (Å²) in [5, 5.41) is 0.249. The van der Waals surface area contributed by atoms with Crippen molar-refractivity contribution in [1.82, 2.24) is 9.97 Å².